The van der Waals surface area contributed by atoms with Gasteiger partial charge in [0.15, 0.2) is 0 Å². The van der Waals surface area contributed by atoms with Crippen LogP contribution in [0.3, 0.4) is 0 Å². The summed E-state index contributed by atoms with van der Waals surface area (Å²) in [7, 11) is 1.80. The first kappa shape index (κ1) is 28.0. The molecule has 1 amide bonds. The molecule has 6 nitrogen and oxygen atoms in total. The van der Waals surface area contributed by atoms with Gasteiger partial charge in [-0.25, -0.2) is 0 Å². The second-order valence-electron chi connectivity index (χ2n) is 12.2. The molecule has 1 spiro atoms. The van der Waals surface area contributed by atoms with Gasteiger partial charge in [-0.3, -0.25) is 4.79 Å². The maximum absolute atomic E-state index is 13.2. The molecule has 1 saturated carbocycles. The maximum atomic E-state index is 13.2. The molecular weight excluding hydrogens is 544 g/mol. The average molecular weight is 583 g/mol. The standard InChI is InChI=1S/C32H39ClN2O4S/c1-21-5-3-7-29(38-2)26-11-8-24(26)17-35-19-32(14-4-6-22-15-25(33)10-12-27(22)32)20-39-30-13-9-23(16-28(30)35)31(36)34-40(37)18-21/h3,7,9-10,12-13,15-16,21,24,26,29H,4-6,8,11,14,17-20H2,1-2H3,(H,34,36)/b7-3+/t21-,24?,26-,29?,32?,40?/m1/s1. The van der Waals surface area contributed by atoms with Crippen molar-refractivity contribution in [1.29, 1.82) is 0 Å². The molecule has 0 saturated heterocycles. The van der Waals surface area contributed by atoms with Gasteiger partial charge in [0.2, 0.25) is 0 Å². The van der Waals surface area contributed by atoms with Crippen molar-refractivity contribution in [2.24, 2.45) is 17.8 Å². The van der Waals surface area contributed by atoms with Crippen molar-refractivity contribution in [3.8, 4) is 5.75 Å². The molecule has 2 aromatic rings. The van der Waals surface area contributed by atoms with Gasteiger partial charge in [0.05, 0.1) is 29.8 Å². The normalized spacial score (nSPS) is 33.0. The summed E-state index contributed by atoms with van der Waals surface area (Å²) in [6.45, 7) is 4.32. The fraction of sp³-hybridized carbons (Fsp3) is 0.531. The number of halogens is 1. The van der Waals surface area contributed by atoms with Crippen LogP contribution in [0.5, 0.6) is 5.75 Å². The zero-order chi connectivity index (χ0) is 27.9. The van der Waals surface area contributed by atoms with Gasteiger partial charge in [-0.05, 0) is 91.8 Å². The Morgan fingerprint density at radius 1 is 1.23 bits per heavy atom. The van der Waals surface area contributed by atoms with Gasteiger partial charge in [-0.2, -0.15) is 4.72 Å². The number of fused-ring (bicyclic) bond motifs is 4. The molecule has 4 aliphatic rings. The SMILES string of the molecule is COC1/C=C/C[C@@H](C)C[S+]([O-])NC(=O)c2ccc3c(c2)N(CC2CC[C@H]21)CC1(CCCc2cc(Cl)ccc21)CO3. The molecule has 2 heterocycles. The van der Waals surface area contributed by atoms with Crippen molar-refractivity contribution < 1.29 is 18.8 Å². The first-order chi connectivity index (χ1) is 19.3. The molecule has 0 radical (unpaired) electrons. The quantitative estimate of drug-likeness (QED) is 0.338. The van der Waals surface area contributed by atoms with E-state index in [2.05, 4.69) is 40.8 Å². The smallest absolute Gasteiger partial charge is 0.292 e. The Morgan fingerprint density at radius 3 is 2.90 bits per heavy atom. The first-order valence-corrected chi connectivity index (χ1v) is 16.2. The highest BCUT2D eigenvalue weighted by Gasteiger charge is 2.44. The van der Waals surface area contributed by atoms with E-state index >= 15 is 0 Å². The Morgan fingerprint density at radius 2 is 2.10 bits per heavy atom. The summed E-state index contributed by atoms with van der Waals surface area (Å²) in [5, 5.41) is 0.775. The molecule has 6 atom stereocenters. The van der Waals surface area contributed by atoms with Crippen LogP contribution < -0.4 is 14.4 Å². The van der Waals surface area contributed by atoms with Crippen LogP contribution in [0.2, 0.25) is 5.02 Å². The number of methoxy groups -OCH3 is 1. The Balaban J connectivity index is 1.40. The molecule has 0 aromatic heterocycles. The van der Waals surface area contributed by atoms with Crippen LogP contribution in [0.4, 0.5) is 5.69 Å². The molecule has 1 N–H and O–H groups in total. The van der Waals surface area contributed by atoms with E-state index in [1.165, 1.54) is 11.1 Å². The third kappa shape index (κ3) is 5.50. The van der Waals surface area contributed by atoms with Gasteiger partial charge in [0.25, 0.3) is 5.91 Å². The molecule has 2 aliphatic heterocycles. The second kappa shape index (κ2) is 11.6. The number of anilines is 1. The highest BCUT2D eigenvalue weighted by atomic mass is 35.5. The molecular formula is C32H39ClN2O4S. The number of amides is 1. The van der Waals surface area contributed by atoms with Gasteiger partial charge >= 0.3 is 0 Å². The molecule has 4 unspecified atom stereocenters. The summed E-state index contributed by atoms with van der Waals surface area (Å²) in [5.74, 6) is 1.98. The number of carbonyl (C=O) groups is 1. The zero-order valence-electron chi connectivity index (χ0n) is 23.4. The van der Waals surface area contributed by atoms with Crippen LogP contribution >= 0.6 is 11.6 Å². The van der Waals surface area contributed by atoms with Crippen LogP contribution in [0, 0.1) is 17.8 Å². The average Bonchev–Trinajstić information content (AvgIpc) is 3.06. The lowest BCUT2D eigenvalue weighted by molar-refractivity contribution is 0.0131. The minimum atomic E-state index is -1.46. The molecule has 214 valence electrons. The van der Waals surface area contributed by atoms with Crippen molar-refractivity contribution >= 4 is 34.6 Å². The van der Waals surface area contributed by atoms with Crippen molar-refractivity contribution in [2.45, 2.75) is 57.0 Å². The topological polar surface area (TPSA) is 73.9 Å². The Hall–Kier alpha value is -2.19. The number of hydrogen-bond donors (Lipinski definition) is 1. The molecule has 2 bridgehead atoms. The van der Waals surface area contributed by atoms with Crippen LogP contribution in [0.25, 0.3) is 0 Å². The lowest BCUT2D eigenvalue weighted by Crippen LogP contribution is -2.49. The number of allylic oxidation sites excluding steroid dienone is 1. The van der Waals surface area contributed by atoms with E-state index in [1.807, 2.05) is 18.2 Å². The summed E-state index contributed by atoms with van der Waals surface area (Å²) in [6, 6.07) is 11.9. The number of nitrogens with zero attached hydrogens (tertiary/aromatic N) is 1. The number of benzene rings is 2. The molecule has 1 fully saturated rings. The van der Waals surface area contributed by atoms with Crippen LogP contribution in [0.15, 0.2) is 48.6 Å². The van der Waals surface area contributed by atoms with Gasteiger partial charge in [-0.1, -0.05) is 36.7 Å². The molecule has 8 heteroatoms. The fourth-order valence-electron chi connectivity index (χ4n) is 7.16. The van der Waals surface area contributed by atoms with E-state index in [0.717, 1.165) is 68.1 Å². The lowest BCUT2D eigenvalue weighted by Gasteiger charge is -2.46. The van der Waals surface area contributed by atoms with E-state index in [9.17, 15) is 9.35 Å². The van der Waals surface area contributed by atoms with Crippen LogP contribution in [-0.2, 0) is 27.9 Å². The van der Waals surface area contributed by atoms with Crippen molar-refractivity contribution in [2.75, 3.05) is 37.5 Å². The minimum absolute atomic E-state index is 0.0598. The van der Waals surface area contributed by atoms with Gasteiger partial charge in [0, 0.05) is 42.1 Å². The van der Waals surface area contributed by atoms with Gasteiger partial charge in [-0.15, -0.1) is 0 Å². The predicted octanol–water partition coefficient (Wildman–Crippen LogP) is 5.84. The Kier molecular flexibility index (Phi) is 8.10. The monoisotopic (exact) mass is 582 g/mol. The molecule has 2 aromatic carbocycles. The summed E-state index contributed by atoms with van der Waals surface area (Å²) < 4.78 is 28.1. The molecule has 2 aliphatic carbocycles. The minimum Gasteiger partial charge on any atom is -0.593 e. The fourth-order valence-corrected chi connectivity index (χ4v) is 8.42. The summed E-state index contributed by atoms with van der Waals surface area (Å²) in [4.78, 5) is 15.7. The lowest BCUT2D eigenvalue weighted by atomic mass is 9.68. The van der Waals surface area contributed by atoms with Crippen molar-refractivity contribution in [3.05, 3.63) is 70.3 Å². The zero-order valence-corrected chi connectivity index (χ0v) is 24.9. The predicted molar refractivity (Wildman–Crippen MR) is 161 cm³/mol. The van der Waals surface area contributed by atoms with E-state index in [-0.39, 0.29) is 23.3 Å². The van der Waals surface area contributed by atoms with Crippen LogP contribution in [0.1, 0.15) is 60.5 Å². The number of hydrogen-bond acceptors (Lipinski definition) is 5. The second-order valence-corrected chi connectivity index (χ2v) is 13.9. The largest absolute Gasteiger partial charge is 0.593 e. The number of ether oxygens (including phenoxy) is 2. The van der Waals surface area contributed by atoms with Crippen molar-refractivity contribution in [3.63, 3.8) is 0 Å². The van der Waals surface area contributed by atoms with E-state index in [4.69, 9.17) is 21.1 Å². The summed E-state index contributed by atoms with van der Waals surface area (Å²) >= 11 is 4.95. The Labute approximate surface area is 245 Å². The molecule has 6 rings (SSSR count). The number of aryl methyl sites for hydroxylation is 1. The third-order valence-electron chi connectivity index (χ3n) is 9.43. The van der Waals surface area contributed by atoms with E-state index < -0.39 is 11.4 Å². The van der Waals surface area contributed by atoms with Crippen molar-refractivity contribution in [1.82, 2.24) is 4.72 Å². The Bertz CT molecular complexity index is 1290. The summed E-state index contributed by atoms with van der Waals surface area (Å²) in [5.41, 5.74) is 3.91. The third-order valence-corrected chi connectivity index (χ3v) is 11.0. The highest BCUT2D eigenvalue weighted by Crippen LogP contribution is 2.47. The maximum Gasteiger partial charge on any atom is 0.292 e. The molecule has 40 heavy (non-hydrogen) atoms. The first-order valence-electron chi connectivity index (χ1n) is 14.5. The number of nitrogens with one attached hydrogen (secondary N) is 1. The highest BCUT2D eigenvalue weighted by molar-refractivity contribution is 7.90. The van der Waals surface area contributed by atoms with Gasteiger partial charge < -0.3 is 18.9 Å². The van der Waals surface area contributed by atoms with Gasteiger partial charge in [0.1, 0.15) is 11.5 Å². The number of carbonyl (C=O) groups excluding carboxylic acids is 1. The summed E-state index contributed by atoms with van der Waals surface area (Å²) in [6.07, 6.45) is 10.7. The number of rotatable bonds is 1. The van der Waals surface area contributed by atoms with E-state index in [1.54, 1.807) is 13.2 Å². The van der Waals surface area contributed by atoms with Crippen LogP contribution in [-0.4, -0.2) is 49.1 Å². The van der Waals surface area contributed by atoms with E-state index in [0.29, 0.717) is 29.8 Å².